The fourth-order valence-electron chi connectivity index (χ4n) is 1.29. The minimum atomic E-state index is -0.397. The van der Waals surface area contributed by atoms with Crippen LogP contribution in [0.4, 0.5) is 5.82 Å². The summed E-state index contributed by atoms with van der Waals surface area (Å²) in [6.45, 7) is 0.221. The summed E-state index contributed by atoms with van der Waals surface area (Å²) in [5.74, 6) is 5.40. The van der Waals surface area contributed by atoms with Gasteiger partial charge in [0.1, 0.15) is 12.0 Å². The van der Waals surface area contributed by atoms with Crippen LogP contribution in [0.2, 0.25) is 0 Å². The number of anilines is 1. The second-order valence-electron chi connectivity index (χ2n) is 3.24. The molecule has 0 aromatic carbocycles. The summed E-state index contributed by atoms with van der Waals surface area (Å²) in [6, 6.07) is 4.94. The Morgan fingerprint density at radius 3 is 3.11 bits per heavy atom. The molecule has 3 N–H and O–H groups in total. The van der Waals surface area contributed by atoms with Gasteiger partial charge in [-0.25, -0.2) is 4.98 Å². The molecule has 90 valence electrons. The second kappa shape index (κ2) is 5.61. The van der Waals surface area contributed by atoms with Gasteiger partial charge in [-0.1, -0.05) is 17.0 Å². The van der Waals surface area contributed by atoms with E-state index in [2.05, 4.69) is 31.8 Å². The monoisotopic (exact) mass is 242 g/mol. The summed E-state index contributed by atoms with van der Waals surface area (Å²) in [7, 11) is 0. The van der Waals surface area contributed by atoms with E-state index >= 15 is 0 Å². The average Bonchev–Trinajstić information content (AvgIpc) is 2.89. The Bertz CT molecular complexity index is 596. The summed E-state index contributed by atoms with van der Waals surface area (Å²) in [4.78, 5) is 15.9. The molecule has 0 radical (unpaired) electrons. The van der Waals surface area contributed by atoms with Gasteiger partial charge in [-0.05, 0) is 12.1 Å². The highest BCUT2D eigenvalue weighted by Gasteiger charge is 2.12. The van der Waals surface area contributed by atoms with Crippen molar-refractivity contribution >= 4 is 11.7 Å². The third-order valence-electron chi connectivity index (χ3n) is 2.03. The van der Waals surface area contributed by atoms with Crippen molar-refractivity contribution < 1.29 is 9.32 Å². The molecule has 0 unspecified atom stereocenters. The van der Waals surface area contributed by atoms with Crippen molar-refractivity contribution in [2.75, 3.05) is 11.9 Å². The zero-order valence-corrected chi connectivity index (χ0v) is 9.38. The molecule has 0 bridgehead atoms. The topological polar surface area (TPSA) is 94.0 Å². The van der Waals surface area contributed by atoms with E-state index in [1.807, 2.05) is 0 Å². The number of carbonyl (C=O) groups excluding carboxylic acids is 1. The number of nitrogens with zero attached hydrogens (tertiary/aromatic N) is 2. The van der Waals surface area contributed by atoms with Crippen molar-refractivity contribution in [2.45, 2.75) is 0 Å². The zero-order chi connectivity index (χ0) is 12.8. The van der Waals surface area contributed by atoms with E-state index in [0.29, 0.717) is 11.4 Å². The van der Waals surface area contributed by atoms with Gasteiger partial charge < -0.3 is 15.6 Å². The van der Waals surface area contributed by atoms with Gasteiger partial charge >= 0.3 is 0 Å². The molecule has 0 aliphatic heterocycles. The predicted molar refractivity (Wildman–Crippen MR) is 64.6 cm³/mol. The Labute approximate surface area is 103 Å². The first-order chi connectivity index (χ1) is 8.81. The van der Waals surface area contributed by atoms with Crippen LogP contribution in [0.1, 0.15) is 16.1 Å². The molecule has 0 spiro atoms. The molecule has 0 aliphatic carbocycles. The molecule has 2 aromatic rings. The van der Waals surface area contributed by atoms with Gasteiger partial charge in [0.2, 0.25) is 0 Å². The summed E-state index contributed by atoms with van der Waals surface area (Å²) in [6.07, 6.45) is 2.88. The maximum atomic E-state index is 11.9. The van der Waals surface area contributed by atoms with E-state index in [9.17, 15) is 4.79 Å². The first kappa shape index (κ1) is 11.8. The maximum absolute atomic E-state index is 11.9. The Morgan fingerprint density at radius 1 is 1.50 bits per heavy atom. The van der Waals surface area contributed by atoms with Crippen LogP contribution < -0.4 is 11.1 Å². The predicted octanol–water partition coefficient (Wildman–Crippen LogP) is 0.632. The molecule has 0 atom stereocenters. The van der Waals surface area contributed by atoms with Crippen LogP contribution in [-0.4, -0.2) is 22.6 Å². The van der Waals surface area contributed by atoms with Crippen LogP contribution in [0.3, 0.4) is 0 Å². The number of nitrogens with two attached hydrogens (primary N) is 1. The van der Waals surface area contributed by atoms with Gasteiger partial charge in [0.15, 0.2) is 5.82 Å². The van der Waals surface area contributed by atoms with Crippen molar-refractivity contribution in [2.24, 2.45) is 5.73 Å². The molecule has 0 aliphatic rings. The lowest BCUT2D eigenvalue weighted by molar-refractivity contribution is 0.102. The lowest BCUT2D eigenvalue weighted by Gasteiger charge is -2.02. The highest BCUT2D eigenvalue weighted by atomic mass is 16.5. The summed E-state index contributed by atoms with van der Waals surface area (Å²) >= 11 is 0. The van der Waals surface area contributed by atoms with Crippen LogP contribution in [-0.2, 0) is 0 Å². The van der Waals surface area contributed by atoms with Crippen molar-refractivity contribution in [1.29, 1.82) is 0 Å². The molecule has 0 saturated carbocycles. The first-order valence-corrected chi connectivity index (χ1v) is 5.17. The van der Waals surface area contributed by atoms with Crippen molar-refractivity contribution in [3.63, 3.8) is 0 Å². The molecule has 2 rings (SSSR count). The third-order valence-corrected chi connectivity index (χ3v) is 2.03. The SMILES string of the molecule is NCC#Cc1cccnc1C(=O)Nc1ccon1. The molecule has 0 saturated heterocycles. The van der Waals surface area contributed by atoms with Gasteiger partial charge in [-0.2, -0.15) is 0 Å². The lowest BCUT2D eigenvalue weighted by Crippen LogP contribution is -2.15. The number of rotatable bonds is 2. The van der Waals surface area contributed by atoms with Crippen LogP contribution in [0.15, 0.2) is 35.2 Å². The van der Waals surface area contributed by atoms with Crippen LogP contribution in [0, 0.1) is 11.8 Å². The Morgan fingerprint density at radius 2 is 2.39 bits per heavy atom. The Balaban J connectivity index is 2.24. The highest BCUT2D eigenvalue weighted by Crippen LogP contribution is 2.08. The molecular weight excluding hydrogens is 232 g/mol. The van der Waals surface area contributed by atoms with E-state index in [-0.39, 0.29) is 12.2 Å². The number of aromatic nitrogens is 2. The van der Waals surface area contributed by atoms with E-state index in [1.165, 1.54) is 18.5 Å². The van der Waals surface area contributed by atoms with Crippen molar-refractivity contribution in [1.82, 2.24) is 10.1 Å². The molecule has 6 nitrogen and oxygen atoms in total. The number of pyridine rings is 1. The van der Waals surface area contributed by atoms with E-state index in [4.69, 9.17) is 5.73 Å². The number of hydrogen-bond donors (Lipinski definition) is 2. The van der Waals surface area contributed by atoms with Gasteiger partial charge in [0.05, 0.1) is 12.1 Å². The standard InChI is InChI=1S/C12H10N4O2/c13-6-1-3-9-4-2-7-14-11(9)12(17)15-10-5-8-18-16-10/h2,4-5,7-8H,6,13H2,(H,15,16,17). The molecule has 18 heavy (non-hydrogen) atoms. The fourth-order valence-corrected chi connectivity index (χ4v) is 1.29. The van der Waals surface area contributed by atoms with Gasteiger partial charge in [-0.3, -0.25) is 4.79 Å². The van der Waals surface area contributed by atoms with Gasteiger partial charge in [-0.15, -0.1) is 0 Å². The third kappa shape index (κ3) is 2.72. The van der Waals surface area contributed by atoms with Crippen LogP contribution >= 0.6 is 0 Å². The minimum absolute atomic E-state index is 0.221. The lowest BCUT2D eigenvalue weighted by atomic mass is 10.2. The smallest absolute Gasteiger partial charge is 0.276 e. The summed E-state index contributed by atoms with van der Waals surface area (Å²) < 4.78 is 4.62. The maximum Gasteiger partial charge on any atom is 0.276 e. The summed E-state index contributed by atoms with van der Waals surface area (Å²) in [5.41, 5.74) is 6.04. The molecule has 0 fully saturated rings. The molecule has 6 heteroatoms. The number of nitrogens with one attached hydrogen (secondary N) is 1. The Kier molecular flexibility index (Phi) is 3.69. The van der Waals surface area contributed by atoms with E-state index in [1.54, 1.807) is 12.1 Å². The first-order valence-electron chi connectivity index (χ1n) is 5.17. The quantitative estimate of drug-likeness (QED) is 0.753. The molecule has 2 aromatic heterocycles. The Hall–Kier alpha value is -2.65. The molecular formula is C12H10N4O2. The average molecular weight is 242 g/mol. The number of amides is 1. The largest absolute Gasteiger partial charge is 0.363 e. The number of carbonyl (C=O) groups is 1. The minimum Gasteiger partial charge on any atom is -0.363 e. The van der Waals surface area contributed by atoms with Crippen molar-refractivity contribution in [3.8, 4) is 11.8 Å². The van der Waals surface area contributed by atoms with Crippen LogP contribution in [0.5, 0.6) is 0 Å². The normalized spacial score (nSPS) is 9.39. The highest BCUT2D eigenvalue weighted by molar-refractivity contribution is 6.03. The van der Waals surface area contributed by atoms with Crippen molar-refractivity contribution in [3.05, 3.63) is 41.9 Å². The van der Waals surface area contributed by atoms with Gasteiger partial charge in [0, 0.05) is 12.3 Å². The van der Waals surface area contributed by atoms with E-state index in [0.717, 1.165) is 0 Å². The molecule has 2 heterocycles. The summed E-state index contributed by atoms with van der Waals surface area (Å²) in [5, 5.41) is 6.13. The zero-order valence-electron chi connectivity index (χ0n) is 9.38. The number of hydrogen-bond acceptors (Lipinski definition) is 5. The van der Waals surface area contributed by atoms with Crippen LogP contribution in [0.25, 0.3) is 0 Å². The molecule has 1 amide bonds. The second-order valence-corrected chi connectivity index (χ2v) is 3.24. The van der Waals surface area contributed by atoms with Gasteiger partial charge in [0.25, 0.3) is 5.91 Å². The fraction of sp³-hybridized carbons (Fsp3) is 0.0833. The van der Waals surface area contributed by atoms with E-state index < -0.39 is 5.91 Å².